The quantitative estimate of drug-likeness (QED) is 0.671. The molecule has 6 heteroatoms. The van der Waals surface area contributed by atoms with Gasteiger partial charge in [0.15, 0.2) is 0 Å². The van der Waals surface area contributed by atoms with Crippen molar-refractivity contribution in [3.05, 3.63) is 50.9 Å². The van der Waals surface area contributed by atoms with Crippen LogP contribution in [0, 0.1) is 5.92 Å². The minimum atomic E-state index is -0.0990. The number of hydrogen-bond acceptors (Lipinski definition) is 5. The number of benzene rings is 1. The highest BCUT2D eigenvalue weighted by atomic mass is 32.1. The Balaban J connectivity index is 1.60. The van der Waals surface area contributed by atoms with Crippen molar-refractivity contribution < 1.29 is 4.74 Å². The number of nitrogens with zero attached hydrogens (tertiary/aromatic N) is 1. The summed E-state index contributed by atoms with van der Waals surface area (Å²) in [6, 6.07) is 7.73. The number of H-pyrrole nitrogens is 1. The SMILES string of the molecule is CCOc1ccc(N[C@@H](C)c2nc3sc4c(c3c(=O)[nH]2)CC[C@@H](C)C4)cc1. The smallest absolute Gasteiger partial charge is 0.259 e. The standard InChI is InChI=1S/C21H25N3O2S/c1-4-26-15-8-6-14(7-9-15)22-13(3)19-23-20(25)18-16-10-5-12(2)11-17(16)27-21(18)24-19/h6-9,12-13,22H,4-5,10-11H2,1-3H3,(H,23,24,25)/t12-,13+/m1/s1. The molecule has 1 aliphatic carbocycles. The monoisotopic (exact) mass is 383 g/mol. The highest BCUT2D eigenvalue weighted by Crippen LogP contribution is 2.36. The summed E-state index contributed by atoms with van der Waals surface area (Å²) in [5.41, 5.74) is 2.18. The van der Waals surface area contributed by atoms with Crippen molar-refractivity contribution in [1.82, 2.24) is 9.97 Å². The molecule has 2 aromatic heterocycles. The van der Waals surface area contributed by atoms with Crippen LogP contribution in [0.3, 0.4) is 0 Å². The van der Waals surface area contributed by atoms with E-state index in [1.54, 1.807) is 11.3 Å². The van der Waals surface area contributed by atoms with Crippen LogP contribution in [0.2, 0.25) is 0 Å². The Labute approximate surface area is 162 Å². The highest BCUT2D eigenvalue weighted by molar-refractivity contribution is 7.18. The van der Waals surface area contributed by atoms with Crippen LogP contribution in [0.25, 0.3) is 10.2 Å². The van der Waals surface area contributed by atoms with Gasteiger partial charge in [0.2, 0.25) is 0 Å². The van der Waals surface area contributed by atoms with Gasteiger partial charge in [-0.3, -0.25) is 4.79 Å². The lowest BCUT2D eigenvalue weighted by Crippen LogP contribution is -2.18. The van der Waals surface area contributed by atoms with Crippen molar-refractivity contribution in [2.24, 2.45) is 5.92 Å². The molecule has 3 aromatic rings. The fraction of sp³-hybridized carbons (Fsp3) is 0.429. The molecular formula is C21H25N3O2S. The van der Waals surface area contributed by atoms with E-state index in [0.717, 1.165) is 40.9 Å². The third kappa shape index (κ3) is 3.58. The van der Waals surface area contributed by atoms with Crippen LogP contribution in [-0.4, -0.2) is 16.6 Å². The van der Waals surface area contributed by atoms with Gasteiger partial charge in [-0.05, 0) is 68.9 Å². The van der Waals surface area contributed by atoms with Gasteiger partial charge in [-0.1, -0.05) is 6.92 Å². The first-order valence-corrected chi connectivity index (χ1v) is 10.4. The van der Waals surface area contributed by atoms with E-state index in [9.17, 15) is 4.79 Å². The van der Waals surface area contributed by atoms with Gasteiger partial charge < -0.3 is 15.0 Å². The molecule has 0 saturated carbocycles. The Kier molecular flexibility index (Phi) is 4.91. The zero-order valence-electron chi connectivity index (χ0n) is 16.0. The van der Waals surface area contributed by atoms with Gasteiger partial charge in [-0.25, -0.2) is 4.98 Å². The van der Waals surface area contributed by atoms with Crippen molar-refractivity contribution in [2.45, 2.75) is 46.1 Å². The molecule has 0 bridgehead atoms. The average Bonchev–Trinajstić information content (AvgIpc) is 3.01. The molecule has 0 aliphatic heterocycles. The number of fused-ring (bicyclic) bond motifs is 3. The van der Waals surface area contributed by atoms with Crippen molar-refractivity contribution >= 4 is 27.2 Å². The molecule has 0 saturated heterocycles. The van der Waals surface area contributed by atoms with Crippen LogP contribution in [-0.2, 0) is 12.8 Å². The van der Waals surface area contributed by atoms with Crippen LogP contribution in [0.1, 0.15) is 49.5 Å². The molecule has 5 nitrogen and oxygen atoms in total. The van der Waals surface area contributed by atoms with Crippen LogP contribution in [0.5, 0.6) is 5.75 Å². The maximum atomic E-state index is 12.8. The normalized spacial score (nSPS) is 17.5. The lowest BCUT2D eigenvalue weighted by Gasteiger charge is -2.17. The fourth-order valence-electron chi connectivity index (χ4n) is 3.70. The average molecular weight is 384 g/mol. The van der Waals surface area contributed by atoms with Crippen LogP contribution in [0.4, 0.5) is 5.69 Å². The first-order chi connectivity index (χ1) is 13.0. The molecule has 0 spiro atoms. The lowest BCUT2D eigenvalue weighted by molar-refractivity contribution is 0.340. The summed E-state index contributed by atoms with van der Waals surface area (Å²) >= 11 is 1.69. The zero-order valence-corrected chi connectivity index (χ0v) is 16.8. The summed E-state index contributed by atoms with van der Waals surface area (Å²) in [7, 11) is 0. The molecule has 0 radical (unpaired) electrons. The molecule has 2 heterocycles. The van der Waals surface area contributed by atoms with Crippen LogP contribution >= 0.6 is 11.3 Å². The number of ether oxygens (including phenoxy) is 1. The van der Waals surface area contributed by atoms with Gasteiger partial charge in [-0.15, -0.1) is 11.3 Å². The predicted molar refractivity (Wildman–Crippen MR) is 111 cm³/mol. The van der Waals surface area contributed by atoms with Crippen molar-refractivity contribution in [3.8, 4) is 5.75 Å². The van der Waals surface area contributed by atoms with E-state index >= 15 is 0 Å². The maximum absolute atomic E-state index is 12.8. The summed E-state index contributed by atoms with van der Waals surface area (Å²) in [4.78, 5) is 22.7. The van der Waals surface area contributed by atoms with Gasteiger partial charge in [0.1, 0.15) is 16.4 Å². The zero-order chi connectivity index (χ0) is 19.0. The largest absolute Gasteiger partial charge is 0.494 e. The summed E-state index contributed by atoms with van der Waals surface area (Å²) in [6.07, 6.45) is 3.20. The number of anilines is 1. The van der Waals surface area contributed by atoms with Gasteiger partial charge in [-0.2, -0.15) is 0 Å². The summed E-state index contributed by atoms with van der Waals surface area (Å²) in [5.74, 6) is 2.21. The fourth-order valence-corrected chi connectivity index (χ4v) is 5.09. The molecular weight excluding hydrogens is 358 g/mol. The van der Waals surface area contributed by atoms with Gasteiger partial charge >= 0.3 is 0 Å². The van der Waals surface area contributed by atoms with Crippen molar-refractivity contribution in [3.63, 3.8) is 0 Å². The number of thiophene rings is 1. The molecule has 0 amide bonds. The first-order valence-electron chi connectivity index (χ1n) is 9.59. The van der Waals surface area contributed by atoms with Crippen molar-refractivity contribution in [1.29, 1.82) is 0 Å². The van der Waals surface area contributed by atoms with E-state index in [1.165, 1.54) is 10.4 Å². The number of aromatic nitrogens is 2. The molecule has 0 fully saturated rings. The Morgan fingerprint density at radius 1 is 1.37 bits per heavy atom. The Morgan fingerprint density at radius 2 is 2.15 bits per heavy atom. The van der Waals surface area contributed by atoms with E-state index < -0.39 is 0 Å². The molecule has 4 rings (SSSR count). The third-order valence-corrected chi connectivity index (χ3v) is 6.29. The second-order valence-corrected chi connectivity index (χ2v) is 8.39. The molecule has 27 heavy (non-hydrogen) atoms. The Bertz CT molecular complexity index is 1010. The van der Waals surface area contributed by atoms with Gasteiger partial charge in [0.05, 0.1) is 18.0 Å². The van der Waals surface area contributed by atoms with E-state index in [-0.39, 0.29) is 11.6 Å². The minimum Gasteiger partial charge on any atom is -0.494 e. The summed E-state index contributed by atoms with van der Waals surface area (Å²) < 4.78 is 5.48. The van der Waals surface area contributed by atoms with Gasteiger partial charge in [0.25, 0.3) is 5.56 Å². The number of nitrogens with one attached hydrogen (secondary N) is 2. The number of aromatic amines is 1. The Hall–Kier alpha value is -2.34. The lowest BCUT2D eigenvalue weighted by atomic mass is 9.89. The first kappa shape index (κ1) is 18.0. The summed E-state index contributed by atoms with van der Waals surface area (Å²) in [5, 5.41) is 4.21. The number of rotatable bonds is 5. The molecule has 1 aliphatic rings. The third-order valence-electron chi connectivity index (χ3n) is 5.14. The van der Waals surface area contributed by atoms with Crippen LogP contribution < -0.4 is 15.6 Å². The van der Waals surface area contributed by atoms with E-state index in [4.69, 9.17) is 9.72 Å². The second-order valence-electron chi connectivity index (χ2n) is 7.31. The molecule has 0 unspecified atom stereocenters. The van der Waals surface area contributed by atoms with Crippen molar-refractivity contribution in [2.75, 3.05) is 11.9 Å². The molecule has 2 atom stereocenters. The predicted octanol–water partition coefficient (Wildman–Crippen LogP) is 4.68. The minimum absolute atomic E-state index is 0.0117. The van der Waals surface area contributed by atoms with Crippen LogP contribution in [0.15, 0.2) is 29.1 Å². The topological polar surface area (TPSA) is 67.0 Å². The summed E-state index contributed by atoms with van der Waals surface area (Å²) in [6.45, 7) is 6.91. The van der Waals surface area contributed by atoms with E-state index in [0.29, 0.717) is 18.3 Å². The maximum Gasteiger partial charge on any atom is 0.259 e. The number of aryl methyl sites for hydroxylation is 1. The van der Waals surface area contributed by atoms with E-state index in [1.807, 2.05) is 38.1 Å². The van der Waals surface area contributed by atoms with E-state index in [2.05, 4.69) is 17.2 Å². The molecule has 1 aromatic carbocycles. The number of hydrogen-bond donors (Lipinski definition) is 2. The molecule has 142 valence electrons. The van der Waals surface area contributed by atoms with Gasteiger partial charge in [0, 0.05) is 10.6 Å². The second kappa shape index (κ2) is 7.35. The highest BCUT2D eigenvalue weighted by Gasteiger charge is 2.23. The Morgan fingerprint density at radius 3 is 2.89 bits per heavy atom. The molecule has 2 N–H and O–H groups in total.